The van der Waals surface area contributed by atoms with E-state index in [4.69, 9.17) is 0 Å². The van der Waals surface area contributed by atoms with Crippen molar-refractivity contribution in [3.8, 4) is 0 Å². The van der Waals surface area contributed by atoms with Gasteiger partial charge in [0.1, 0.15) is 9.90 Å². The molecule has 31 heavy (non-hydrogen) atoms. The molecule has 1 unspecified atom stereocenters. The Morgan fingerprint density at radius 3 is 2.68 bits per heavy atom. The van der Waals surface area contributed by atoms with Crippen LogP contribution in [0.25, 0.3) is 10.1 Å². The molecule has 1 atom stereocenters. The summed E-state index contributed by atoms with van der Waals surface area (Å²) in [6.45, 7) is 2.42. The average Bonchev–Trinajstić information content (AvgIpc) is 3.41. The Bertz CT molecular complexity index is 1240. The van der Waals surface area contributed by atoms with Gasteiger partial charge in [-0.1, -0.05) is 31.0 Å². The molecule has 0 spiro atoms. The summed E-state index contributed by atoms with van der Waals surface area (Å²) in [6, 6.07) is 11.1. The first kappa shape index (κ1) is 20.2. The molecule has 1 aromatic carbocycles. The molecule has 3 aromatic rings. The van der Waals surface area contributed by atoms with E-state index in [0.29, 0.717) is 18.2 Å². The molecule has 0 radical (unpaired) electrons. The number of fused-ring (bicyclic) bond motifs is 1. The highest BCUT2D eigenvalue weighted by molar-refractivity contribution is 7.93. The van der Waals surface area contributed by atoms with Crippen LogP contribution in [-0.2, 0) is 14.9 Å². The summed E-state index contributed by atoms with van der Waals surface area (Å²) < 4.78 is 29.9. The molecule has 1 aliphatic carbocycles. The van der Waals surface area contributed by atoms with Crippen LogP contribution in [0.1, 0.15) is 36.7 Å². The second-order valence-electron chi connectivity index (χ2n) is 7.84. The normalized spacial score (nSPS) is 18.7. The number of carbonyl (C=O) groups is 1. The maximum absolute atomic E-state index is 13.7. The van der Waals surface area contributed by atoms with Gasteiger partial charge in [0.25, 0.3) is 10.0 Å². The number of hydrogen-bond acceptors (Lipinski definition) is 7. The highest BCUT2D eigenvalue weighted by Gasteiger charge is 2.32. The first-order chi connectivity index (χ1) is 14.9. The van der Waals surface area contributed by atoms with Crippen LogP contribution in [0, 0.1) is 12.8 Å². The van der Waals surface area contributed by atoms with Crippen LogP contribution in [0.5, 0.6) is 0 Å². The number of rotatable bonds is 7. The molecular formula is C21H22N4O4S2. The third-order valence-electron chi connectivity index (χ3n) is 5.66. The van der Waals surface area contributed by atoms with Crippen molar-refractivity contribution in [2.24, 2.45) is 5.92 Å². The molecule has 8 nitrogen and oxygen atoms in total. The molecule has 0 bridgehead atoms. The van der Waals surface area contributed by atoms with Gasteiger partial charge in [-0.05, 0) is 48.4 Å². The van der Waals surface area contributed by atoms with Crippen molar-refractivity contribution >= 4 is 42.5 Å². The van der Waals surface area contributed by atoms with Gasteiger partial charge in [-0.3, -0.25) is 14.6 Å². The summed E-state index contributed by atoms with van der Waals surface area (Å²) in [6.07, 6.45) is 3.29. The van der Waals surface area contributed by atoms with E-state index >= 15 is 0 Å². The van der Waals surface area contributed by atoms with Crippen molar-refractivity contribution in [1.82, 2.24) is 15.8 Å². The number of sulfonamides is 1. The summed E-state index contributed by atoms with van der Waals surface area (Å²) in [4.78, 5) is 20.2. The van der Waals surface area contributed by atoms with E-state index in [1.807, 2.05) is 31.2 Å². The lowest BCUT2D eigenvalue weighted by molar-refractivity contribution is 0.121. The van der Waals surface area contributed by atoms with Gasteiger partial charge in [-0.2, -0.15) is 0 Å². The first-order valence-electron chi connectivity index (χ1n) is 10.1. The predicted molar refractivity (Wildman–Crippen MR) is 118 cm³/mol. The Balaban J connectivity index is 1.50. The number of thiophene rings is 1. The highest BCUT2D eigenvalue weighted by Crippen LogP contribution is 2.41. The average molecular weight is 459 g/mol. The number of amides is 1. The molecule has 2 aromatic heterocycles. The van der Waals surface area contributed by atoms with Gasteiger partial charge in [-0.15, -0.1) is 16.8 Å². The predicted octanol–water partition coefficient (Wildman–Crippen LogP) is 3.84. The topological polar surface area (TPSA) is 101 Å². The fourth-order valence-electron chi connectivity index (χ4n) is 3.70. The van der Waals surface area contributed by atoms with E-state index in [2.05, 4.69) is 20.6 Å². The number of anilines is 1. The number of pyridine rings is 1. The minimum absolute atomic E-state index is 0.120. The van der Waals surface area contributed by atoms with Gasteiger partial charge in [0, 0.05) is 17.4 Å². The van der Waals surface area contributed by atoms with E-state index in [-0.39, 0.29) is 4.90 Å². The molecule has 162 valence electrons. The third kappa shape index (κ3) is 3.86. The quantitative estimate of drug-likeness (QED) is 0.558. The number of nitrogens with one attached hydrogen (secondary N) is 2. The Hall–Kier alpha value is -2.69. The third-order valence-corrected chi connectivity index (χ3v) is 8.85. The minimum atomic E-state index is -3.80. The zero-order chi connectivity index (χ0) is 21.6. The summed E-state index contributed by atoms with van der Waals surface area (Å²) >= 11 is 1.50. The summed E-state index contributed by atoms with van der Waals surface area (Å²) in [5, 5.41) is 4.37. The molecule has 2 aliphatic rings. The van der Waals surface area contributed by atoms with Crippen LogP contribution in [-0.4, -0.2) is 26.0 Å². The van der Waals surface area contributed by atoms with E-state index < -0.39 is 22.3 Å². The van der Waals surface area contributed by atoms with Crippen LogP contribution in [0.3, 0.4) is 0 Å². The van der Waals surface area contributed by atoms with E-state index in [0.717, 1.165) is 39.9 Å². The van der Waals surface area contributed by atoms with Crippen LogP contribution < -0.4 is 15.1 Å². The summed E-state index contributed by atoms with van der Waals surface area (Å²) in [5.74, 6) is 0.602. The highest BCUT2D eigenvalue weighted by atomic mass is 32.2. The van der Waals surface area contributed by atoms with Crippen LogP contribution in [0.2, 0.25) is 0 Å². The lowest BCUT2D eigenvalue weighted by atomic mass is 10.2. The summed E-state index contributed by atoms with van der Waals surface area (Å²) in [5.41, 5.74) is 3.95. The number of carbonyl (C=O) groups excluding carboxylic acids is 1. The van der Waals surface area contributed by atoms with Crippen molar-refractivity contribution < 1.29 is 18.0 Å². The molecule has 10 heteroatoms. The van der Waals surface area contributed by atoms with Gasteiger partial charge in [0.15, 0.2) is 6.17 Å². The molecule has 2 fully saturated rings. The van der Waals surface area contributed by atoms with Gasteiger partial charge >= 0.3 is 6.09 Å². The van der Waals surface area contributed by atoms with Crippen molar-refractivity contribution in [1.29, 1.82) is 0 Å². The van der Waals surface area contributed by atoms with Crippen LogP contribution in [0.15, 0.2) is 47.5 Å². The van der Waals surface area contributed by atoms with E-state index in [9.17, 15) is 13.2 Å². The van der Waals surface area contributed by atoms with Crippen molar-refractivity contribution in [3.63, 3.8) is 0 Å². The van der Waals surface area contributed by atoms with Gasteiger partial charge < -0.3 is 4.84 Å². The Morgan fingerprint density at radius 2 is 2.03 bits per heavy atom. The Kier molecular flexibility index (Phi) is 5.07. The Labute approximate surface area is 184 Å². The number of aromatic nitrogens is 1. The maximum atomic E-state index is 13.7. The van der Waals surface area contributed by atoms with Crippen molar-refractivity contribution in [2.75, 3.05) is 10.8 Å². The zero-order valence-electron chi connectivity index (χ0n) is 16.9. The fourth-order valence-corrected chi connectivity index (χ4v) is 6.63. The molecule has 2 N–H and O–H groups in total. The molecular weight excluding hydrogens is 436 g/mol. The van der Waals surface area contributed by atoms with Gasteiger partial charge in [0.05, 0.1) is 5.69 Å². The lowest BCUT2D eigenvalue weighted by Crippen LogP contribution is -2.32. The van der Waals surface area contributed by atoms with E-state index in [1.165, 1.54) is 23.6 Å². The number of hydrogen-bond donors (Lipinski definition) is 2. The lowest BCUT2D eigenvalue weighted by Gasteiger charge is -2.24. The van der Waals surface area contributed by atoms with Crippen molar-refractivity contribution in [3.05, 3.63) is 53.9 Å². The fraction of sp³-hybridized carbons (Fsp3) is 0.333. The van der Waals surface area contributed by atoms with Crippen LogP contribution in [0.4, 0.5) is 9.80 Å². The molecule has 3 heterocycles. The number of aryl methyl sites for hydroxylation is 1. The number of hydroxylamine groups is 1. The standard InChI is InChI=1S/C21H22N4O4S2/c1-13-16-4-2-3-5-18(16)30-20(13)25(11-10-14-6-7-14)31(27,28)15-8-9-17(22-12-15)19-23-21(26)29-24-19/h2-5,8-9,12,14,19,24H,6-7,10-11H2,1H3,(H,23,26). The van der Waals surface area contributed by atoms with Gasteiger partial charge in [0.2, 0.25) is 0 Å². The molecule has 1 aliphatic heterocycles. The SMILES string of the molecule is Cc1c(N(CCC2CC2)S(=O)(=O)c2ccc(C3NOC(=O)N3)nc2)sc2ccccc12. The summed E-state index contributed by atoms with van der Waals surface area (Å²) in [7, 11) is -3.80. The smallest absolute Gasteiger partial charge is 0.351 e. The Morgan fingerprint density at radius 1 is 1.23 bits per heavy atom. The minimum Gasteiger partial charge on any atom is -0.351 e. The van der Waals surface area contributed by atoms with Crippen molar-refractivity contribution in [2.45, 2.75) is 37.2 Å². The molecule has 1 saturated heterocycles. The monoisotopic (exact) mass is 458 g/mol. The zero-order valence-corrected chi connectivity index (χ0v) is 18.5. The molecule has 5 rings (SSSR count). The second-order valence-corrected chi connectivity index (χ2v) is 10.7. The number of nitrogens with zero attached hydrogens (tertiary/aromatic N) is 2. The van der Waals surface area contributed by atoms with E-state index in [1.54, 1.807) is 10.4 Å². The molecule has 1 saturated carbocycles. The molecule has 1 amide bonds. The largest absolute Gasteiger partial charge is 0.427 e. The first-order valence-corrected chi connectivity index (χ1v) is 12.4. The van der Waals surface area contributed by atoms with Crippen LogP contribution >= 0.6 is 11.3 Å². The number of benzene rings is 1. The maximum Gasteiger partial charge on any atom is 0.427 e. The van der Waals surface area contributed by atoms with Gasteiger partial charge in [-0.25, -0.2) is 13.2 Å². The second kappa shape index (κ2) is 7.77.